The molecule has 1 amide bonds. The molecule has 0 saturated carbocycles. The lowest BCUT2D eigenvalue weighted by Gasteiger charge is -2.27. The molecule has 1 aromatic heterocycles. The van der Waals surface area contributed by atoms with Gasteiger partial charge in [0, 0.05) is 44.3 Å². The van der Waals surface area contributed by atoms with Gasteiger partial charge in [-0.25, -0.2) is 4.79 Å². The van der Waals surface area contributed by atoms with Crippen molar-refractivity contribution in [3.05, 3.63) is 24.0 Å². The highest BCUT2D eigenvalue weighted by atomic mass is 16.6. The molecule has 0 bridgehead atoms. The molecule has 116 valence electrons. The Morgan fingerprint density at radius 1 is 1.24 bits per heavy atom. The van der Waals surface area contributed by atoms with Crippen LogP contribution in [0.2, 0.25) is 0 Å². The smallest absolute Gasteiger partial charge is 0.410 e. The van der Waals surface area contributed by atoms with Crippen molar-refractivity contribution in [2.24, 2.45) is 0 Å². The Balaban J connectivity index is 1.99. The summed E-state index contributed by atoms with van der Waals surface area (Å²) in [5.74, 6) is 0. The first-order valence-corrected chi connectivity index (χ1v) is 7.50. The molecule has 0 aliphatic carbocycles. The molecule has 0 aromatic carbocycles. The molecule has 0 spiro atoms. The van der Waals surface area contributed by atoms with Crippen molar-refractivity contribution in [2.45, 2.75) is 39.7 Å². The van der Waals surface area contributed by atoms with Gasteiger partial charge in [0.2, 0.25) is 0 Å². The van der Waals surface area contributed by atoms with Crippen LogP contribution in [-0.2, 0) is 4.74 Å². The van der Waals surface area contributed by atoms with Crippen LogP contribution >= 0.6 is 0 Å². The van der Waals surface area contributed by atoms with Gasteiger partial charge in [0.15, 0.2) is 0 Å². The number of amides is 1. The number of pyridine rings is 1. The van der Waals surface area contributed by atoms with Crippen LogP contribution < -0.4 is 4.90 Å². The monoisotopic (exact) mass is 291 g/mol. The third kappa shape index (κ3) is 4.34. The molecule has 1 saturated heterocycles. The maximum absolute atomic E-state index is 12.2. The zero-order chi connectivity index (χ0) is 15.5. The SMILES string of the molecule is Cc1cnccc1N1CCCN(C(=O)OC(C)(C)C)CC1. The fourth-order valence-electron chi connectivity index (χ4n) is 2.49. The van der Waals surface area contributed by atoms with Gasteiger partial charge >= 0.3 is 6.09 Å². The standard InChI is InChI=1S/C16H25N3O2/c1-13-12-17-7-6-14(13)18-8-5-9-19(11-10-18)15(20)21-16(2,3)4/h6-7,12H,5,8-11H2,1-4H3. The van der Waals surface area contributed by atoms with E-state index in [1.54, 1.807) is 0 Å². The molecule has 0 radical (unpaired) electrons. The summed E-state index contributed by atoms with van der Waals surface area (Å²) < 4.78 is 5.46. The van der Waals surface area contributed by atoms with Gasteiger partial charge < -0.3 is 14.5 Å². The Labute approximate surface area is 126 Å². The summed E-state index contributed by atoms with van der Waals surface area (Å²) in [6, 6.07) is 2.04. The molecule has 1 aliphatic rings. The second kappa shape index (κ2) is 6.33. The second-order valence-electron chi connectivity index (χ2n) is 6.47. The van der Waals surface area contributed by atoms with Crippen LogP contribution in [0.4, 0.5) is 10.5 Å². The second-order valence-corrected chi connectivity index (χ2v) is 6.47. The molecular formula is C16H25N3O2. The predicted molar refractivity (Wildman–Crippen MR) is 83.6 cm³/mol. The van der Waals surface area contributed by atoms with E-state index in [4.69, 9.17) is 4.74 Å². The lowest BCUT2D eigenvalue weighted by molar-refractivity contribution is 0.0263. The van der Waals surface area contributed by atoms with Crippen LogP contribution in [0.3, 0.4) is 0 Å². The van der Waals surface area contributed by atoms with Gasteiger partial charge in [0.1, 0.15) is 5.60 Å². The third-order valence-corrected chi connectivity index (χ3v) is 3.48. The zero-order valence-electron chi connectivity index (χ0n) is 13.4. The summed E-state index contributed by atoms with van der Waals surface area (Å²) in [5, 5.41) is 0. The molecule has 1 aliphatic heterocycles. The molecule has 0 atom stereocenters. The highest BCUT2D eigenvalue weighted by molar-refractivity contribution is 5.68. The highest BCUT2D eigenvalue weighted by Gasteiger charge is 2.24. The number of aryl methyl sites for hydroxylation is 1. The van der Waals surface area contributed by atoms with E-state index in [9.17, 15) is 4.79 Å². The number of hydrogen-bond acceptors (Lipinski definition) is 4. The summed E-state index contributed by atoms with van der Waals surface area (Å²) in [6.07, 6.45) is 4.43. The number of nitrogens with zero attached hydrogens (tertiary/aromatic N) is 3. The number of anilines is 1. The predicted octanol–water partition coefficient (Wildman–Crippen LogP) is 2.84. The summed E-state index contributed by atoms with van der Waals surface area (Å²) in [5.41, 5.74) is 1.93. The van der Waals surface area contributed by atoms with E-state index in [0.29, 0.717) is 6.54 Å². The molecule has 5 heteroatoms. The topological polar surface area (TPSA) is 45.7 Å². The third-order valence-electron chi connectivity index (χ3n) is 3.48. The first-order chi connectivity index (χ1) is 9.87. The van der Waals surface area contributed by atoms with Crippen molar-refractivity contribution in [3.63, 3.8) is 0 Å². The van der Waals surface area contributed by atoms with Gasteiger partial charge in [0.25, 0.3) is 0 Å². The van der Waals surface area contributed by atoms with Crippen LogP contribution in [0.25, 0.3) is 0 Å². The van der Waals surface area contributed by atoms with E-state index in [0.717, 1.165) is 26.1 Å². The van der Waals surface area contributed by atoms with E-state index in [2.05, 4.69) is 16.8 Å². The first kappa shape index (κ1) is 15.6. The van der Waals surface area contributed by atoms with E-state index in [-0.39, 0.29) is 6.09 Å². The average molecular weight is 291 g/mol. The van der Waals surface area contributed by atoms with E-state index < -0.39 is 5.60 Å². The Bertz CT molecular complexity index is 497. The summed E-state index contributed by atoms with van der Waals surface area (Å²) in [4.78, 5) is 20.4. The number of ether oxygens (including phenoxy) is 1. The molecule has 0 unspecified atom stereocenters. The van der Waals surface area contributed by atoms with Crippen LogP contribution in [0.5, 0.6) is 0 Å². The van der Waals surface area contributed by atoms with Gasteiger partial charge in [-0.3, -0.25) is 4.98 Å². The van der Waals surface area contributed by atoms with Gasteiger partial charge in [-0.1, -0.05) is 0 Å². The number of hydrogen-bond donors (Lipinski definition) is 0. The van der Waals surface area contributed by atoms with Crippen molar-refractivity contribution < 1.29 is 9.53 Å². The van der Waals surface area contributed by atoms with Crippen LogP contribution in [0.1, 0.15) is 32.8 Å². The molecule has 2 rings (SSSR count). The maximum atomic E-state index is 12.2. The van der Waals surface area contributed by atoms with Gasteiger partial charge in [0.05, 0.1) is 0 Å². The van der Waals surface area contributed by atoms with Crippen LogP contribution in [-0.4, -0.2) is 47.8 Å². The summed E-state index contributed by atoms with van der Waals surface area (Å²) in [7, 11) is 0. The van der Waals surface area contributed by atoms with Crippen molar-refractivity contribution in [2.75, 3.05) is 31.1 Å². The average Bonchev–Trinajstić information content (AvgIpc) is 2.63. The lowest BCUT2D eigenvalue weighted by atomic mass is 10.2. The van der Waals surface area contributed by atoms with Crippen molar-refractivity contribution in [1.82, 2.24) is 9.88 Å². The molecule has 0 N–H and O–H groups in total. The fourth-order valence-corrected chi connectivity index (χ4v) is 2.49. The van der Waals surface area contributed by atoms with Crippen LogP contribution in [0.15, 0.2) is 18.5 Å². The minimum absolute atomic E-state index is 0.212. The quantitative estimate of drug-likeness (QED) is 0.798. The van der Waals surface area contributed by atoms with E-state index >= 15 is 0 Å². The van der Waals surface area contributed by atoms with E-state index in [1.807, 2.05) is 44.1 Å². The molecule has 21 heavy (non-hydrogen) atoms. The lowest BCUT2D eigenvalue weighted by Crippen LogP contribution is -2.39. The molecule has 2 heterocycles. The number of aromatic nitrogens is 1. The van der Waals surface area contributed by atoms with E-state index in [1.165, 1.54) is 11.3 Å². The van der Waals surface area contributed by atoms with Crippen molar-refractivity contribution >= 4 is 11.8 Å². The Morgan fingerprint density at radius 3 is 2.67 bits per heavy atom. The van der Waals surface area contributed by atoms with Crippen molar-refractivity contribution in [1.29, 1.82) is 0 Å². The normalized spacial score (nSPS) is 16.6. The Hall–Kier alpha value is -1.78. The Morgan fingerprint density at radius 2 is 2.00 bits per heavy atom. The number of rotatable bonds is 1. The van der Waals surface area contributed by atoms with Gasteiger partial charge in [-0.05, 0) is 45.7 Å². The largest absolute Gasteiger partial charge is 0.444 e. The molecule has 1 fully saturated rings. The maximum Gasteiger partial charge on any atom is 0.410 e. The molecule has 5 nitrogen and oxygen atoms in total. The first-order valence-electron chi connectivity index (χ1n) is 7.50. The zero-order valence-corrected chi connectivity index (χ0v) is 13.4. The number of carbonyl (C=O) groups is 1. The summed E-state index contributed by atoms with van der Waals surface area (Å²) >= 11 is 0. The Kier molecular flexibility index (Phi) is 4.70. The molecular weight excluding hydrogens is 266 g/mol. The number of carbonyl (C=O) groups excluding carboxylic acids is 1. The van der Waals surface area contributed by atoms with Gasteiger partial charge in [-0.15, -0.1) is 0 Å². The minimum Gasteiger partial charge on any atom is -0.444 e. The minimum atomic E-state index is -0.440. The highest BCUT2D eigenvalue weighted by Crippen LogP contribution is 2.20. The fraction of sp³-hybridized carbons (Fsp3) is 0.625. The molecule has 1 aromatic rings. The summed E-state index contributed by atoms with van der Waals surface area (Å²) in [6.45, 7) is 11.0. The van der Waals surface area contributed by atoms with Crippen molar-refractivity contribution in [3.8, 4) is 0 Å². The van der Waals surface area contributed by atoms with Gasteiger partial charge in [-0.2, -0.15) is 0 Å². The van der Waals surface area contributed by atoms with Crippen LogP contribution in [0, 0.1) is 6.92 Å².